The van der Waals surface area contributed by atoms with Crippen LogP contribution in [0.2, 0.25) is 5.02 Å². The lowest BCUT2D eigenvalue weighted by atomic mass is 10.2. The minimum absolute atomic E-state index is 0.0863. The highest BCUT2D eigenvalue weighted by molar-refractivity contribution is 6.32. The zero-order valence-electron chi connectivity index (χ0n) is 13.1. The van der Waals surface area contributed by atoms with E-state index in [0.29, 0.717) is 22.9 Å². The van der Waals surface area contributed by atoms with Crippen molar-refractivity contribution in [3.8, 4) is 5.75 Å². The van der Waals surface area contributed by atoms with Gasteiger partial charge in [0.05, 0.1) is 11.6 Å². The molecule has 2 N–H and O–H groups in total. The van der Waals surface area contributed by atoms with E-state index in [4.69, 9.17) is 16.3 Å². The molecule has 1 amide bonds. The van der Waals surface area contributed by atoms with E-state index in [1.54, 1.807) is 25.1 Å². The quantitative estimate of drug-likeness (QED) is 0.853. The first-order valence-corrected chi connectivity index (χ1v) is 7.78. The number of carbonyl (C=O) groups excluding carboxylic acids is 1. The molecule has 23 heavy (non-hydrogen) atoms. The molecule has 1 aromatic carbocycles. The van der Waals surface area contributed by atoms with E-state index in [1.807, 2.05) is 19.1 Å². The fraction of sp³-hybridized carbons (Fsp3) is 0.294. The van der Waals surface area contributed by atoms with E-state index in [1.165, 1.54) is 6.07 Å². The van der Waals surface area contributed by atoms with Crippen LogP contribution in [-0.4, -0.2) is 23.5 Å². The summed E-state index contributed by atoms with van der Waals surface area (Å²) in [7, 11) is 0. The Labute approximate surface area is 139 Å². The Morgan fingerprint density at radius 3 is 2.70 bits per heavy atom. The maximum absolute atomic E-state index is 12.1. The van der Waals surface area contributed by atoms with Gasteiger partial charge in [-0.05, 0) is 37.6 Å². The van der Waals surface area contributed by atoms with Crippen LogP contribution in [0.15, 0.2) is 41.2 Å². The highest BCUT2D eigenvalue weighted by atomic mass is 35.5. The van der Waals surface area contributed by atoms with E-state index in [-0.39, 0.29) is 18.2 Å². The average Bonchev–Trinajstić information content (AvgIpc) is 2.52. The Morgan fingerprint density at radius 2 is 2.04 bits per heavy atom. The lowest BCUT2D eigenvalue weighted by Crippen LogP contribution is -2.37. The van der Waals surface area contributed by atoms with Gasteiger partial charge in [0.2, 0.25) is 0 Å². The van der Waals surface area contributed by atoms with Gasteiger partial charge < -0.3 is 15.0 Å². The largest absolute Gasteiger partial charge is 0.487 e. The van der Waals surface area contributed by atoms with Crippen LogP contribution in [0.1, 0.15) is 29.4 Å². The first-order valence-electron chi connectivity index (χ1n) is 7.40. The summed E-state index contributed by atoms with van der Waals surface area (Å²) in [6.07, 6.45) is 0.457. The van der Waals surface area contributed by atoms with Crippen molar-refractivity contribution in [3.63, 3.8) is 0 Å². The lowest BCUT2D eigenvalue weighted by Gasteiger charge is -2.18. The predicted molar refractivity (Wildman–Crippen MR) is 90.3 cm³/mol. The molecule has 0 aliphatic carbocycles. The lowest BCUT2D eigenvalue weighted by molar-refractivity contribution is 0.0924. The number of aryl methyl sites for hydroxylation is 1. The molecule has 0 aliphatic rings. The summed E-state index contributed by atoms with van der Waals surface area (Å²) in [5.74, 6) is 0.149. The molecule has 1 atom stereocenters. The number of benzene rings is 1. The van der Waals surface area contributed by atoms with Crippen LogP contribution >= 0.6 is 11.6 Å². The normalized spacial score (nSPS) is 11.8. The number of hydrogen-bond acceptors (Lipinski definition) is 3. The molecule has 0 radical (unpaired) electrons. The molecule has 0 bridgehead atoms. The first-order chi connectivity index (χ1) is 11.0. The summed E-state index contributed by atoms with van der Waals surface area (Å²) in [5.41, 5.74) is 0.394. The molecular formula is C17H19ClN2O3. The van der Waals surface area contributed by atoms with Crippen molar-refractivity contribution in [2.24, 2.45) is 0 Å². The van der Waals surface area contributed by atoms with Crippen LogP contribution < -0.4 is 15.6 Å². The molecule has 1 heterocycles. The minimum atomic E-state index is -0.424. The van der Waals surface area contributed by atoms with Gasteiger partial charge in [-0.15, -0.1) is 0 Å². The van der Waals surface area contributed by atoms with Crippen molar-refractivity contribution in [1.82, 2.24) is 10.3 Å². The van der Waals surface area contributed by atoms with Crippen molar-refractivity contribution >= 4 is 17.5 Å². The molecule has 0 saturated carbocycles. The van der Waals surface area contributed by atoms with Crippen molar-refractivity contribution in [3.05, 3.63) is 63.0 Å². The second-order valence-electron chi connectivity index (χ2n) is 5.17. The number of H-pyrrole nitrogens is 1. The predicted octanol–water partition coefficient (Wildman–Crippen LogP) is 2.92. The Kier molecular flexibility index (Phi) is 5.82. The van der Waals surface area contributed by atoms with E-state index in [9.17, 15) is 9.59 Å². The van der Waals surface area contributed by atoms with Crippen LogP contribution in [0.4, 0.5) is 0 Å². The fourth-order valence-corrected chi connectivity index (χ4v) is 2.22. The molecule has 0 saturated heterocycles. The number of pyridine rings is 1. The summed E-state index contributed by atoms with van der Waals surface area (Å²) in [5, 5.41) is 3.24. The molecular weight excluding hydrogens is 316 g/mol. The second kappa shape index (κ2) is 7.83. The van der Waals surface area contributed by atoms with E-state index < -0.39 is 11.5 Å². The van der Waals surface area contributed by atoms with E-state index in [0.717, 1.165) is 0 Å². The molecule has 0 fully saturated rings. The molecule has 2 rings (SSSR count). The van der Waals surface area contributed by atoms with Gasteiger partial charge in [0.1, 0.15) is 17.4 Å². The highest BCUT2D eigenvalue weighted by Gasteiger charge is 2.14. The van der Waals surface area contributed by atoms with Gasteiger partial charge in [0.15, 0.2) is 0 Å². The summed E-state index contributed by atoms with van der Waals surface area (Å²) >= 11 is 6.06. The molecule has 6 heteroatoms. The van der Waals surface area contributed by atoms with Gasteiger partial charge in [-0.1, -0.05) is 30.7 Å². The van der Waals surface area contributed by atoms with E-state index in [2.05, 4.69) is 10.3 Å². The smallest absolute Gasteiger partial charge is 0.260 e. The van der Waals surface area contributed by atoms with Crippen LogP contribution in [0.25, 0.3) is 0 Å². The third-order valence-electron chi connectivity index (χ3n) is 3.38. The Morgan fingerprint density at radius 1 is 1.30 bits per heavy atom. The molecule has 2 aromatic rings. The summed E-state index contributed by atoms with van der Waals surface area (Å²) in [6.45, 7) is 3.99. The van der Waals surface area contributed by atoms with Crippen LogP contribution in [0.3, 0.4) is 0 Å². The molecule has 0 unspecified atom stereocenters. The third kappa shape index (κ3) is 4.60. The van der Waals surface area contributed by atoms with Crippen molar-refractivity contribution in [1.29, 1.82) is 0 Å². The zero-order chi connectivity index (χ0) is 16.8. The maximum atomic E-state index is 12.1. The molecule has 5 nitrogen and oxygen atoms in total. The number of ether oxygens (including phenoxy) is 1. The number of amides is 1. The molecule has 122 valence electrons. The van der Waals surface area contributed by atoms with Crippen molar-refractivity contribution in [2.75, 3.05) is 6.54 Å². The average molecular weight is 335 g/mol. The number of aromatic amines is 1. The number of nitrogens with one attached hydrogen (secondary N) is 2. The molecule has 1 aromatic heterocycles. The van der Waals surface area contributed by atoms with Gasteiger partial charge in [-0.2, -0.15) is 0 Å². The topological polar surface area (TPSA) is 71.2 Å². The van der Waals surface area contributed by atoms with Gasteiger partial charge in [-0.25, -0.2) is 0 Å². The number of carbonyl (C=O) groups is 1. The summed E-state index contributed by atoms with van der Waals surface area (Å²) in [4.78, 5) is 26.5. The van der Waals surface area contributed by atoms with Gasteiger partial charge in [-0.3, -0.25) is 9.59 Å². The van der Waals surface area contributed by atoms with Crippen molar-refractivity contribution < 1.29 is 9.53 Å². The Hall–Kier alpha value is -2.27. The van der Waals surface area contributed by atoms with Gasteiger partial charge in [0, 0.05) is 5.69 Å². The van der Waals surface area contributed by atoms with Crippen LogP contribution in [0, 0.1) is 6.92 Å². The number of halogens is 1. The fourth-order valence-electron chi connectivity index (χ4n) is 2.04. The standard InChI is InChI=1S/C17H19ClN2O3/c1-3-12(23-15-7-5-4-6-14(15)18)10-19-16(21)13-9-8-11(2)20-17(13)22/h4-9,12H,3,10H2,1-2H3,(H,19,21)(H,20,22)/t12-/m0/s1. The van der Waals surface area contributed by atoms with E-state index >= 15 is 0 Å². The molecule has 0 aliphatic heterocycles. The maximum Gasteiger partial charge on any atom is 0.260 e. The number of rotatable bonds is 6. The van der Waals surface area contributed by atoms with Crippen molar-refractivity contribution in [2.45, 2.75) is 26.4 Å². The highest BCUT2D eigenvalue weighted by Crippen LogP contribution is 2.24. The monoisotopic (exact) mass is 334 g/mol. The number of aromatic nitrogens is 1. The Bertz CT molecular complexity index is 743. The zero-order valence-corrected chi connectivity index (χ0v) is 13.8. The first kappa shape index (κ1) is 17.1. The summed E-state index contributed by atoms with van der Waals surface area (Å²) < 4.78 is 5.80. The molecule has 0 spiro atoms. The third-order valence-corrected chi connectivity index (χ3v) is 3.69. The Balaban J connectivity index is 1.99. The SMILES string of the molecule is CC[C@@H](CNC(=O)c1ccc(C)[nH]c1=O)Oc1ccccc1Cl. The second-order valence-corrected chi connectivity index (χ2v) is 5.58. The van der Waals surface area contributed by atoms with Crippen LogP contribution in [0.5, 0.6) is 5.75 Å². The van der Waals surface area contributed by atoms with Gasteiger partial charge in [0.25, 0.3) is 11.5 Å². The van der Waals surface area contributed by atoms with Crippen LogP contribution in [-0.2, 0) is 0 Å². The van der Waals surface area contributed by atoms with Gasteiger partial charge >= 0.3 is 0 Å². The number of para-hydroxylation sites is 1. The summed E-state index contributed by atoms with van der Waals surface area (Å²) in [6, 6.07) is 10.4. The minimum Gasteiger partial charge on any atom is -0.487 e. The number of hydrogen-bond donors (Lipinski definition) is 2.